The van der Waals surface area contributed by atoms with Gasteiger partial charge in [0, 0.05) is 44.7 Å². The first-order chi connectivity index (χ1) is 11.7. The molecule has 0 atom stereocenters. The van der Waals surface area contributed by atoms with Crippen LogP contribution in [0, 0.1) is 0 Å². The van der Waals surface area contributed by atoms with Crippen molar-refractivity contribution in [3.63, 3.8) is 0 Å². The van der Waals surface area contributed by atoms with Gasteiger partial charge in [0.25, 0.3) is 10.2 Å². The zero-order chi connectivity index (χ0) is 16.6. The van der Waals surface area contributed by atoms with Crippen molar-refractivity contribution >= 4 is 37.6 Å². The molecule has 3 heterocycles. The number of piperidine rings is 1. The number of hydrogen-bond donors (Lipinski definition) is 0. The lowest BCUT2D eigenvalue weighted by Crippen LogP contribution is -2.54. The Morgan fingerprint density at radius 3 is 2.29 bits per heavy atom. The Morgan fingerprint density at radius 1 is 0.875 bits per heavy atom. The molecule has 0 radical (unpaired) electrons. The molecule has 0 amide bonds. The third-order valence-electron chi connectivity index (χ3n) is 4.86. The molecule has 0 spiro atoms. The molecule has 0 N–H and O–H groups in total. The van der Waals surface area contributed by atoms with E-state index in [4.69, 9.17) is 0 Å². The molecule has 2 aliphatic rings. The molecule has 8 heteroatoms. The van der Waals surface area contributed by atoms with E-state index in [9.17, 15) is 8.42 Å². The first-order valence-electron chi connectivity index (χ1n) is 8.51. The third kappa shape index (κ3) is 2.92. The summed E-state index contributed by atoms with van der Waals surface area (Å²) in [4.78, 5) is 2.21. The Balaban J connectivity index is 1.47. The van der Waals surface area contributed by atoms with E-state index in [1.54, 1.807) is 8.61 Å². The molecule has 0 bridgehead atoms. The lowest BCUT2D eigenvalue weighted by Gasteiger charge is -2.37. The highest BCUT2D eigenvalue weighted by molar-refractivity contribution is 7.86. The van der Waals surface area contributed by atoms with Crippen LogP contribution >= 0.6 is 11.5 Å². The monoisotopic (exact) mass is 366 g/mol. The molecule has 2 fully saturated rings. The highest BCUT2D eigenvalue weighted by Crippen LogP contribution is 2.30. The van der Waals surface area contributed by atoms with Crippen LogP contribution in [0.2, 0.25) is 0 Å². The van der Waals surface area contributed by atoms with E-state index in [-0.39, 0.29) is 0 Å². The van der Waals surface area contributed by atoms with Crippen LogP contribution in [0.4, 0.5) is 5.82 Å². The average molecular weight is 367 g/mol. The molecule has 24 heavy (non-hydrogen) atoms. The second kappa shape index (κ2) is 6.59. The number of aromatic nitrogens is 1. The van der Waals surface area contributed by atoms with Gasteiger partial charge in [-0.15, -0.1) is 0 Å². The molecule has 6 nitrogen and oxygen atoms in total. The van der Waals surface area contributed by atoms with E-state index in [0.717, 1.165) is 30.5 Å². The van der Waals surface area contributed by atoms with E-state index >= 15 is 0 Å². The molecule has 130 valence electrons. The molecule has 0 saturated carbocycles. The molecule has 0 unspecified atom stereocenters. The maximum Gasteiger partial charge on any atom is 0.282 e. The first-order valence-corrected chi connectivity index (χ1v) is 10.7. The van der Waals surface area contributed by atoms with Crippen molar-refractivity contribution in [3.05, 3.63) is 24.3 Å². The Labute approximate surface area is 147 Å². The van der Waals surface area contributed by atoms with Crippen LogP contribution in [0.15, 0.2) is 24.3 Å². The van der Waals surface area contributed by atoms with Gasteiger partial charge in [0.15, 0.2) is 0 Å². The Morgan fingerprint density at radius 2 is 1.54 bits per heavy atom. The van der Waals surface area contributed by atoms with E-state index in [1.807, 2.05) is 12.1 Å². The van der Waals surface area contributed by atoms with Crippen LogP contribution in [0.25, 0.3) is 10.1 Å². The maximum absolute atomic E-state index is 12.8. The minimum absolute atomic E-state index is 0.532. The van der Waals surface area contributed by atoms with Crippen molar-refractivity contribution in [1.82, 2.24) is 13.0 Å². The van der Waals surface area contributed by atoms with Crippen molar-refractivity contribution in [3.8, 4) is 0 Å². The minimum atomic E-state index is -3.30. The molecule has 2 aromatic rings. The number of fused-ring (bicyclic) bond motifs is 1. The van der Waals surface area contributed by atoms with Gasteiger partial charge in [-0.1, -0.05) is 18.6 Å². The van der Waals surface area contributed by atoms with Crippen molar-refractivity contribution < 1.29 is 8.42 Å². The number of benzene rings is 1. The van der Waals surface area contributed by atoms with Crippen LogP contribution in [-0.4, -0.2) is 60.7 Å². The van der Waals surface area contributed by atoms with Gasteiger partial charge in [0.05, 0.1) is 4.70 Å². The van der Waals surface area contributed by atoms with Crippen molar-refractivity contribution in [1.29, 1.82) is 0 Å². The summed E-state index contributed by atoms with van der Waals surface area (Å²) < 4.78 is 34.6. The summed E-state index contributed by atoms with van der Waals surface area (Å²) in [5, 5.41) is 1.16. The lowest BCUT2D eigenvalue weighted by atomic mass is 10.2. The van der Waals surface area contributed by atoms with Crippen LogP contribution in [-0.2, 0) is 10.2 Å². The van der Waals surface area contributed by atoms with E-state index in [2.05, 4.69) is 21.4 Å². The fourth-order valence-corrected chi connectivity index (χ4v) is 5.96. The van der Waals surface area contributed by atoms with Gasteiger partial charge in [-0.2, -0.15) is 21.4 Å². The second-order valence-corrected chi connectivity index (χ2v) is 9.09. The molecule has 2 saturated heterocycles. The predicted octanol–water partition coefficient (Wildman–Crippen LogP) is 2.15. The van der Waals surface area contributed by atoms with E-state index in [1.165, 1.54) is 16.2 Å². The number of rotatable bonds is 3. The van der Waals surface area contributed by atoms with Gasteiger partial charge in [0.2, 0.25) is 0 Å². The molecule has 1 aromatic carbocycles. The molecule has 0 aliphatic carbocycles. The first kappa shape index (κ1) is 16.3. The van der Waals surface area contributed by atoms with Gasteiger partial charge in [-0.25, -0.2) is 0 Å². The fourth-order valence-electron chi connectivity index (χ4n) is 3.49. The van der Waals surface area contributed by atoms with Gasteiger partial charge in [-0.3, -0.25) is 0 Å². The predicted molar refractivity (Wildman–Crippen MR) is 97.7 cm³/mol. The summed E-state index contributed by atoms with van der Waals surface area (Å²) in [7, 11) is -3.30. The zero-order valence-electron chi connectivity index (χ0n) is 13.6. The fraction of sp³-hybridized carbons (Fsp3) is 0.562. The van der Waals surface area contributed by atoms with Gasteiger partial charge in [0.1, 0.15) is 5.82 Å². The number of nitrogens with zero attached hydrogens (tertiary/aromatic N) is 4. The quantitative estimate of drug-likeness (QED) is 0.835. The largest absolute Gasteiger partial charge is 0.353 e. The van der Waals surface area contributed by atoms with Crippen molar-refractivity contribution in [2.24, 2.45) is 0 Å². The van der Waals surface area contributed by atoms with E-state index in [0.29, 0.717) is 39.3 Å². The summed E-state index contributed by atoms with van der Waals surface area (Å²) in [6.07, 6.45) is 3.09. The molecule has 1 aromatic heterocycles. The number of piperazine rings is 1. The van der Waals surface area contributed by atoms with Gasteiger partial charge in [-0.05, 0) is 36.5 Å². The lowest BCUT2D eigenvalue weighted by molar-refractivity contribution is 0.295. The van der Waals surface area contributed by atoms with Crippen LogP contribution in [0.3, 0.4) is 0 Å². The topological polar surface area (TPSA) is 56.8 Å². The number of anilines is 1. The summed E-state index contributed by atoms with van der Waals surface area (Å²) in [6, 6.07) is 8.21. The SMILES string of the molecule is O=S(=O)(N1CCCCC1)N1CCN(c2nsc3ccccc23)CC1. The van der Waals surface area contributed by atoms with Gasteiger partial charge >= 0.3 is 0 Å². The summed E-state index contributed by atoms with van der Waals surface area (Å²) in [6.45, 7) is 3.79. The molecule has 4 rings (SSSR count). The third-order valence-corrected chi connectivity index (χ3v) is 7.72. The highest BCUT2D eigenvalue weighted by Gasteiger charge is 2.33. The summed E-state index contributed by atoms with van der Waals surface area (Å²) in [5.74, 6) is 0.991. The van der Waals surface area contributed by atoms with Crippen molar-refractivity contribution in [2.45, 2.75) is 19.3 Å². The maximum atomic E-state index is 12.8. The average Bonchev–Trinajstić information content (AvgIpc) is 3.07. The minimum Gasteiger partial charge on any atom is -0.353 e. The standard InChI is InChI=1S/C16H22N4O2S2/c21-24(22,19-8-4-1-5-9-19)20-12-10-18(11-13-20)16-14-6-2-3-7-15(14)23-17-16/h2-3,6-7H,1,4-5,8-13H2. The van der Waals surface area contributed by atoms with Crippen LogP contribution in [0.1, 0.15) is 19.3 Å². The van der Waals surface area contributed by atoms with Gasteiger partial charge < -0.3 is 4.90 Å². The zero-order valence-corrected chi connectivity index (χ0v) is 15.2. The molecular weight excluding hydrogens is 344 g/mol. The Bertz CT molecular complexity index is 806. The van der Waals surface area contributed by atoms with Crippen molar-refractivity contribution in [2.75, 3.05) is 44.2 Å². The highest BCUT2D eigenvalue weighted by atomic mass is 32.2. The Hall–Kier alpha value is -1.22. The number of hydrogen-bond acceptors (Lipinski definition) is 5. The second-order valence-electron chi connectivity index (χ2n) is 6.36. The molecular formula is C16H22N4O2S2. The summed E-state index contributed by atoms with van der Waals surface area (Å²) >= 11 is 1.50. The summed E-state index contributed by atoms with van der Waals surface area (Å²) in [5.41, 5.74) is 0. The van der Waals surface area contributed by atoms with Crippen LogP contribution < -0.4 is 4.90 Å². The van der Waals surface area contributed by atoms with E-state index < -0.39 is 10.2 Å². The normalized spacial score (nSPS) is 21.4. The molecule has 2 aliphatic heterocycles. The smallest absolute Gasteiger partial charge is 0.282 e. The Kier molecular flexibility index (Phi) is 4.46. The van der Waals surface area contributed by atoms with Crippen LogP contribution in [0.5, 0.6) is 0 Å².